The Bertz CT molecular complexity index is 688. The predicted molar refractivity (Wildman–Crippen MR) is 104 cm³/mol. The van der Waals surface area contributed by atoms with Gasteiger partial charge < -0.3 is 15.1 Å². The first kappa shape index (κ1) is 19.4. The molecule has 134 valence electrons. The minimum Gasteiger partial charge on any atom is -0.481 e. The molecule has 2 N–H and O–H groups in total. The third-order valence-electron chi connectivity index (χ3n) is 3.71. The van der Waals surface area contributed by atoms with Crippen molar-refractivity contribution in [2.45, 2.75) is 12.8 Å². The summed E-state index contributed by atoms with van der Waals surface area (Å²) >= 11 is 6.46. The Morgan fingerprint density at radius 1 is 1.36 bits per heavy atom. The third-order valence-corrected chi connectivity index (χ3v) is 5.09. The average molecular weight is 380 g/mol. The van der Waals surface area contributed by atoms with E-state index in [1.54, 1.807) is 6.08 Å². The molecular formula is C17H20N2O4S2. The lowest BCUT2D eigenvalue weighted by Gasteiger charge is -2.17. The van der Waals surface area contributed by atoms with Crippen LogP contribution in [0.25, 0.3) is 6.08 Å². The number of carbonyl (C=O) groups excluding carboxylic acids is 1. The molecule has 0 bridgehead atoms. The van der Waals surface area contributed by atoms with E-state index in [4.69, 9.17) is 22.4 Å². The predicted octanol–water partition coefficient (Wildman–Crippen LogP) is 2.18. The Morgan fingerprint density at radius 3 is 2.64 bits per heavy atom. The minimum absolute atomic E-state index is 0.0128. The number of aliphatic carboxylic acids is 1. The molecule has 1 aliphatic rings. The zero-order valence-corrected chi connectivity index (χ0v) is 15.5. The second-order valence-corrected chi connectivity index (χ2v) is 7.24. The topological polar surface area (TPSA) is 81.1 Å². The molecule has 0 radical (unpaired) electrons. The first-order valence-corrected chi connectivity index (χ1v) is 9.04. The number of carboxylic acid groups (broad SMARTS) is 1. The van der Waals surface area contributed by atoms with Gasteiger partial charge in [0.15, 0.2) is 0 Å². The number of carboxylic acids is 1. The Balaban J connectivity index is 2.04. The van der Waals surface area contributed by atoms with Crippen molar-refractivity contribution in [1.82, 2.24) is 4.90 Å². The molecule has 0 atom stereocenters. The molecule has 1 aromatic carbocycles. The van der Waals surface area contributed by atoms with Crippen molar-refractivity contribution in [3.8, 4) is 0 Å². The van der Waals surface area contributed by atoms with Crippen molar-refractivity contribution < 1.29 is 19.8 Å². The standard InChI is InChI=1S/C17H20N2O4S2/c1-18(9-10-20)13-6-4-12(5-7-13)11-14-16(23)19(17(24)25-14)8-2-3-15(21)22/h4-7,11,20H,2-3,8-10H2,1H3,(H,21,22)/b14-11-. The van der Waals surface area contributed by atoms with Crippen LogP contribution in [0.3, 0.4) is 0 Å². The van der Waals surface area contributed by atoms with Crippen molar-refractivity contribution in [3.05, 3.63) is 34.7 Å². The minimum atomic E-state index is -0.882. The lowest BCUT2D eigenvalue weighted by atomic mass is 10.2. The fraction of sp³-hybridized carbons (Fsp3) is 0.353. The van der Waals surface area contributed by atoms with Crippen LogP contribution >= 0.6 is 24.0 Å². The SMILES string of the molecule is CN(CCO)c1ccc(/C=C2\SC(=S)N(CCCC(=O)O)C2=O)cc1. The van der Waals surface area contributed by atoms with Crippen LogP contribution in [0.1, 0.15) is 18.4 Å². The van der Waals surface area contributed by atoms with Crippen LogP contribution in [0.4, 0.5) is 5.69 Å². The van der Waals surface area contributed by atoms with Crippen LogP contribution in [0.5, 0.6) is 0 Å². The van der Waals surface area contributed by atoms with Crippen molar-refractivity contribution >= 4 is 51.9 Å². The van der Waals surface area contributed by atoms with Crippen molar-refractivity contribution in [2.75, 3.05) is 31.6 Å². The number of hydrogen-bond donors (Lipinski definition) is 2. The van der Waals surface area contributed by atoms with Gasteiger partial charge in [-0.2, -0.15) is 0 Å². The number of carbonyl (C=O) groups is 2. The molecule has 1 fully saturated rings. The lowest BCUT2D eigenvalue weighted by Crippen LogP contribution is -2.29. The molecule has 2 rings (SSSR count). The van der Waals surface area contributed by atoms with Gasteiger partial charge >= 0.3 is 5.97 Å². The molecule has 25 heavy (non-hydrogen) atoms. The summed E-state index contributed by atoms with van der Waals surface area (Å²) in [4.78, 5) is 26.9. The number of rotatable bonds is 8. The number of aliphatic hydroxyl groups excluding tert-OH is 1. The van der Waals surface area contributed by atoms with Gasteiger partial charge in [0.05, 0.1) is 11.5 Å². The van der Waals surface area contributed by atoms with E-state index in [1.165, 1.54) is 16.7 Å². The highest BCUT2D eigenvalue weighted by molar-refractivity contribution is 8.26. The van der Waals surface area contributed by atoms with E-state index in [0.717, 1.165) is 11.3 Å². The summed E-state index contributed by atoms with van der Waals surface area (Å²) in [6.45, 7) is 0.955. The monoisotopic (exact) mass is 380 g/mol. The number of likely N-dealkylation sites (N-methyl/N-ethyl adjacent to an activating group) is 1. The lowest BCUT2D eigenvalue weighted by molar-refractivity contribution is -0.137. The van der Waals surface area contributed by atoms with Crippen LogP contribution in [-0.4, -0.2) is 58.1 Å². The molecule has 6 nitrogen and oxygen atoms in total. The number of hydrogen-bond acceptors (Lipinski definition) is 6. The van der Waals surface area contributed by atoms with Gasteiger partial charge in [0.2, 0.25) is 0 Å². The quantitative estimate of drug-likeness (QED) is 0.528. The highest BCUT2D eigenvalue weighted by atomic mass is 32.2. The van der Waals surface area contributed by atoms with Crippen molar-refractivity contribution in [1.29, 1.82) is 0 Å². The van der Waals surface area contributed by atoms with Crippen LogP contribution < -0.4 is 4.90 Å². The zero-order valence-electron chi connectivity index (χ0n) is 13.8. The third kappa shape index (κ3) is 5.29. The molecule has 1 aliphatic heterocycles. The molecule has 1 saturated heterocycles. The molecule has 0 unspecified atom stereocenters. The maximum atomic E-state index is 12.4. The second kappa shape index (κ2) is 8.98. The van der Waals surface area contributed by atoms with Gasteiger partial charge in [-0.3, -0.25) is 14.5 Å². The molecule has 1 aromatic rings. The Kier molecular flexibility index (Phi) is 6.98. The summed E-state index contributed by atoms with van der Waals surface area (Å²) < 4.78 is 0.459. The number of nitrogens with zero attached hydrogens (tertiary/aromatic N) is 2. The molecule has 8 heteroatoms. The number of amides is 1. The van der Waals surface area contributed by atoms with Gasteiger partial charge in [0.25, 0.3) is 5.91 Å². The van der Waals surface area contributed by atoms with Crippen LogP contribution in [0.15, 0.2) is 29.2 Å². The average Bonchev–Trinajstić information content (AvgIpc) is 2.83. The summed E-state index contributed by atoms with van der Waals surface area (Å²) in [5.41, 5.74) is 1.86. The maximum Gasteiger partial charge on any atom is 0.303 e. The fourth-order valence-electron chi connectivity index (χ4n) is 2.34. The van der Waals surface area contributed by atoms with E-state index in [9.17, 15) is 9.59 Å². The van der Waals surface area contributed by atoms with Crippen LogP contribution in [-0.2, 0) is 9.59 Å². The van der Waals surface area contributed by atoms with E-state index >= 15 is 0 Å². The Morgan fingerprint density at radius 2 is 2.04 bits per heavy atom. The molecular weight excluding hydrogens is 360 g/mol. The summed E-state index contributed by atoms with van der Waals surface area (Å²) in [7, 11) is 1.90. The highest BCUT2D eigenvalue weighted by Crippen LogP contribution is 2.32. The molecule has 0 aliphatic carbocycles. The first-order chi connectivity index (χ1) is 11.9. The summed E-state index contributed by atoms with van der Waals surface area (Å²) in [5.74, 6) is -1.06. The molecule has 1 heterocycles. The number of anilines is 1. The maximum absolute atomic E-state index is 12.4. The summed E-state index contributed by atoms with van der Waals surface area (Å²) in [6.07, 6.45) is 2.17. The molecule has 0 saturated carbocycles. The van der Waals surface area contributed by atoms with Crippen LogP contribution in [0.2, 0.25) is 0 Å². The molecule has 1 amide bonds. The zero-order chi connectivity index (χ0) is 18.4. The van der Waals surface area contributed by atoms with Gasteiger partial charge in [-0.1, -0.05) is 36.1 Å². The number of thioether (sulfide) groups is 1. The van der Waals surface area contributed by atoms with Crippen molar-refractivity contribution in [2.24, 2.45) is 0 Å². The summed E-state index contributed by atoms with van der Waals surface area (Å²) in [5, 5.41) is 17.7. The van der Waals surface area contributed by atoms with Crippen LogP contribution in [0, 0.1) is 0 Å². The van der Waals surface area contributed by atoms with Gasteiger partial charge in [-0.15, -0.1) is 0 Å². The van der Waals surface area contributed by atoms with E-state index in [0.29, 0.717) is 28.7 Å². The van der Waals surface area contributed by atoms with Gasteiger partial charge in [-0.05, 0) is 30.2 Å². The Labute approximate surface area is 156 Å². The van der Waals surface area contributed by atoms with Gasteiger partial charge in [0.1, 0.15) is 4.32 Å². The fourth-order valence-corrected chi connectivity index (χ4v) is 3.65. The Hall–Kier alpha value is -1.90. The smallest absolute Gasteiger partial charge is 0.303 e. The van der Waals surface area contributed by atoms with E-state index < -0.39 is 5.97 Å². The second-order valence-electron chi connectivity index (χ2n) is 5.57. The number of benzene rings is 1. The normalized spacial score (nSPS) is 15.9. The largest absolute Gasteiger partial charge is 0.481 e. The molecule has 0 aromatic heterocycles. The van der Waals surface area contributed by atoms with E-state index in [1.807, 2.05) is 36.2 Å². The first-order valence-electron chi connectivity index (χ1n) is 7.81. The van der Waals surface area contributed by atoms with Gasteiger partial charge in [-0.25, -0.2) is 0 Å². The van der Waals surface area contributed by atoms with Crippen molar-refractivity contribution in [3.63, 3.8) is 0 Å². The highest BCUT2D eigenvalue weighted by Gasteiger charge is 2.31. The molecule has 0 spiro atoms. The van der Waals surface area contributed by atoms with E-state index in [2.05, 4.69) is 0 Å². The number of thiocarbonyl (C=S) groups is 1. The van der Waals surface area contributed by atoms with Gasteiger partial charge in [0, 0.05) is 32.2 Å². The number of aliphatic hydroxyl groups is 1. The summed E-state index contributed by atoms with van der Waals surface area (Å²) in [6, 6.07) is 7.66. The van der Waals surface area contributed by atoms with E-state index in [-0.39, 0.29) is 18.9 Å².